The van der Waals surface area contributed by atoms with Crippen LogP contribution >= 0.6 is 27.5 Å². The molecule has 0 unspecified atom stereocenters. The van der Waals surface area contributed by atoms with Crippen molar-refractivity contribution in [3.63, 3.8) is 0 Å². The highest BCUT2D eigenvalue weighted by molar-refractivity contribution is 9.10. The van der Waals surface area contributed by atoms with Crippen molar-refractivity contribution in [1.29, 1.82) is 0 Å². The average molecular weight is 344 g/mol. The summed E-state index contributed by atoms with van der Waals surface area (Å²) < 4.78 is 2.63. The number of pyridine rings is 1. The Morgan fingerprint density at radius 2 is 2.11 bits per heavy atom. The van der Waals surface area contributed by atoms with E-state index in [-0.39, 0.29) is 5.54 Å². The Balaban J connectivity index is 2.33. The molecule has 6 heteroatoms. The van der Waals surface area contributed by atoms with E-state index in [4.69, 9.17) is 11.6 Å². The molecule has 4 nitrogen and oxygen atoms in total. The molecule has 102 valence electrons. The summed E-state index contributed by atoms with van der Waals surface area (Å²) >= 11 is 9.36. The first-order valence-corrected chi connectivity index (χ1v) is 7.12. The molecule has 2 heterocycles. The van der Waals surface area contributed by atoms with Crippen molar-refractivity contribution in [3.05, 3.63) is 39.7 Å². The Labute approximate surface area is 126 Å². The monoisotopic (exact) mass is 342 g/mol. The Morgan fingerprint density at radius 1 is 1.37 bits per heavy atom. The van der Waals surface area contributed by atoms with Crippen molar-refractivity contribution in [2.45, 2.75) is 32.9 Å². The van der Waals surface area contributed by atoms with Crippen molar-refractivity contribution in [2.75, 3.05) is 0 Å². The van der Waals surface area contributed by atoms with Gasteiger partial charge in [0.15, 0.2) is 5.82 Å². The van der Waals surface area contributed by atoms with Gasteiger partial charge in [0, 0.05) is 28.3 Å². The second kappa shape index (κ2) is 5.61. The summed E-state index contributed by atoms with van der Waals surface area (Å²) in [5.74, 6) is 0.784. The lowest BCUT2D eigenvalue weighted by molar-refractivity contribution is 0.423. The predicted molar refractivity (Wildman–Crippen MR) is 80.7 cm³/mol. The van der Waals surface area contributed by atoms with Crippen molar-refractivity contribution < 1.29 is 0 Å². The minimum absolute atomic E-state index is 0.0430. The van der Waals surface area contributed by atoms with Gasteiger partial charge >= 0.3 is 0 Å². The molecule has 0 spiro atoms. The molecule has 1 N–H and O–H groups in total. The van der Waals surface area contributed by atoms with Crippen LogP contribution in [0, 0.1) is 0 Å². The molecule has 0 bridgehead atoms. The van der Waals surface area contributed by atoms with Gasteiger partial charge in [0.2, 0.25) is 0 Å². The van der Waals surface area contributed by atoms with E-state index in [0.717, 1.165) is 15.9 Å². The largest absolute Gasteiger partial charge is 0.308 e. The fourth-order valence-corrected chi connectivity index (χ4v) is 2.10. The van der Waals surface area contributed by atoms with E-state index < -0.39 is 0 Å². The van der Waals surface area contributed by atoms with Crippen molar-refractivity contribution in [3.8, 4) is 5.82 Å². The second-order valence-electron chi connectivity index (χ2n) is 5.34. The molecule has 0 amide bonds. The van der Waals surface area contributed by atoms with E-state index in [2.05, 4.69) is 52.1 Å². The summed E-state index contributed by atoms with van der Waals surface area (Å²) in [5.41, 5.74) is 1.10. The first kappa shape index (κ1) is 14.5. The van der Waals surface area contributed by atoms with Crippen LogP contribution in [0.25, 0.3) is 5.82 Å². The third-order valence-corrected chi connectivity index (χ3v) is 3.12. The molecule has 2 aromatic heterocycles. The lowest BCUT2D eigenvalue weighted by atomic mass is 10.1. The highest BCUT2D eigenvalue weighted by Crippen LogP contribution is 2.19. The molecule has 0 saturated heterocycles. The van der Waals surface area contributed by atoms with Crippen LogP contribution in [0.2, 0.25) is 5.02 Å². The maximum atomic E-state index is 5.91. The molecule has 0 fully saturated rings. The van der Waals surface area contributed by atoms with Gasteiger partial charge in [-0.3, -0.25) is 0 Å². The molecule has 0 aliphatic carbocycles. The number of rotatable bonds is 3. The van der Waals surface area contributed by atoms with Gasteiger partial charge in [-0.05, 0) is 42.8 Å². The zero-order valence-electron chi connectivity index (χ0n) is 11.1. The normalized spacial score (nSPS) is 11.8. The summed E-state index contributed by atoms with van der Waals surface area (Å²) in [7, 11) is 0. The topological polar surface area (TPSA) is 42.7 Å². The predicted octanol–water partition coefficient (Wildman–Crippen LogP) is 3.57. The Morgan fingerprint density at radius 3 is 2.68 bits per heavy atom. The van der Waals surface area contributed by atoms with Gasteiger partial charge < -0.3 is 5.32 Å². The van der Waals surface area contributed by atoms with Gasteiger partial charge in [-0.1, -0.05) is 11.6 Å². The Kier molecular flexibility index (Phi) is 4.28. The van der Waals surface area contributed by atoms with E-state index >= 15 is 0 Å². The maximum absolute atomic E-state index is 5.91. The molecular weight excluding hydrogens is 328 g/mol. The van der Waals surface area contributed by atoms with Crippen molar-refractivity contribution in [2.24, 2.45) is 0 Å². The quantitative estimate of drug-likeness (QED) is 0.926. The number of hydrogen-bond acceptors (Lipinski definition) is 3. The molecule has 0 aliphatic rings. The van der Waals surface area contributed by atoms with Crippen molar-refractivity contribution in [1.82, 2.24) is 20.1 Å². The lowest BCUT2D eigenvalue weighted by Crippen LogP contribution is -2.35. The van der Waals surface area contributed by atoms with E-state index in [1.165, 1.54) is 0 Å². The average Bonchev–Trinajstić information content (AvgIpc) is 2.72. The summed E-state index contributed by atoms with van der Waals surface area (Å²) in [6, 6.07) is 2.04. The minimum Gasteiger partial charge on any atom is -0.308 e. The zero-order chi connectivity index (χ0) is 14.0. The van der Waals surface area contributed by atoms with Crippen LogP contribution in [-0.4, -0.2) is 20.3 Å². The summed E-state index contributed by atoms with van der Waals surface area (Å²) in [6.07, 6.45) is 5.11. The summed E-state index contributed by atoms with van der Waals surface area (Å²) in [4.78, 5) is 4.42. The van der Waals surface area contributed by atoms with Crippen LogP contribution in [0.1, 0.15) is 26.3 Å². The molecule has 0 aliphatic heterocycles. The highest BCUT2D eigenvalue weighted by Gasteiger charge is 2.13. The van der Waals surface area contributed by atoms with Gasteiger partial charge in [-0.15, -0.1) is 0 Å². The SMILES string of the molecule is CC(C)(C)NCc1cc(Br)cnc1-n1cc(Cl)cn1. The second-order valence-corrected chi connectivity index (χ2v) is 6.70. The van der Waals surface area contributed by atoms with Gasteiger partial charge in [0.05, 0.1) is 17.4 Å². The van der Waals surface area contributed by atoms with Crippen LogP contribution in [-0.2, 0) is 6.54 Å². The fourth-order valence-electron chi connectivity index (χ4n) is 1.59. The first-order valence-electron chi connectivity index (χ1n) is 5.95. The highest BCUT2D eigenvalue weighted by atomic mass is 79.9. The van der Waals surface area contributed by atoms with Crippen molar-refractivity contribution >= 4 is 27.5 Å². The van der Waals surface area contributed by atoms with Gasteiger partial charge in [-0.2, -0.15) is 5.10 Å². The van der Waals surface area contributed by atoms with Crippen LogP contribution in [0.5, 0.6) is 0 Å². The maximum Gasteiger partial charge on any atom is 0.157 e. The lowest BCUT2D eigenvalue weighted by Gasteiger charge is -2.21. The smallest absolute Gasteiger partial charge is 0.157 e. The molecule has 0 saturated carbocycles. The minimum atomic E-state index is 0.0430. The number of nitrogens with zero attached hydrogens (tertiary/aromatic N) is 3. The number of halogens is 2. The summed E-state index contributed by atoms with van der Waals surface area (Å²) in [5, 5.41) is 8.24. The molecule has 2 aromatic rings. The van der Waals surface area contributed by atoms with E-state index in [1.54, 1.807) is 23.3 Å². The van der Waals surface area contributed by atoms with E-state index in [0.29, 0.717) is 11.6 Å². The van der Waals surface area contributed by atoms with E-state index in [9.17, 15) is 0 Å². The number of nitrogens with one attached hydrogen (secondary N) is 1. The third kappa shape index (κ3) is 4.03. The molecular formula is C13H16BrClN4. The number of hydrogen-bond donors (Lipinski definition) is 1. The van der Waals surface area contributed by atoms with Crippen LogP contribution in [0.15, 0.2) is 29.1 Å². The molecule has 0 aromatic carbocycles. The van der Waals surface area contributed by atoms with Gasteiger partial charge in [0.1, 0.15) is 0 Å². The standard InChI is InChI=1S/C13H16BrClN4/c1-13(2,3)17-5-9-4-10(14)6-16-12(9)19-8-11(15)7-18-19/h4,6-8,17H,5H2,1-3H3. The van der Waals surface area contributed by atoms with Crippen LogP contribution in [0.4, 0.5) is 0 Å². The molecule has 19 heavy (non-hydrogen) atoms. The molecule has 0 radical (unpaired) electrons. The van der Waals surface area contributed by atoms with Gasteiger partial charge in [0.25, 0.3) is 0 Å². The first-order chi connectivity index (χ1) is 8.85. The van der Waals surface area contributed by atoms with E-state index in [1.807, 2.05) is 6.07 Å². The van der Waals surface area contributed by atoms with Gasteiger partial charge in [-0.25, -0.2) is 9.67 Å². The van der Waals surface area contributed by atoms with Crippen LogP contribution in [0.3, 0.4) is 0 Å². The zero-order valence-corrected chi connectivity index (χ0v) is 13.5. The Bertz CT molecular complexity index is 574. The number of aromatic nitrogens is 3. The fraction of sp³-hybridized carbons (Fsp3) is 0.385. The molecule has 0 atom stereocenters. The molecule has 2 rings (SSSR count). The Hall–Kier alpha value is -0.910. The van der Waals surface area contributed by atoms with Crippen LogP contribution < -0.4 is 5.32 Å². The third-order valence-electron chi connectivity index (χ3n) is 2.49. The summed E-state index contributed by atoms with van der Waals surface area (Å²) in [6.45, 7) is 7.09.